The van der Waals surface area contributed by atoms with Gasteiger partial charge in [0.2, 0.25) is 0 Å². The van der Waals surface area contributed by atoms with E-state index in [0.29, 0.717) is 121 Å². The number of rotatable bonds is 20. The summed E-state index contributed by atoms with van der Waals surface area (Å²) in [6.45, 7) is 17.6. The molecule has 0 radical (unpaired) electrons. The summed E-state index contributed by atoms with van der Waals surface area (Å²) in [5.41, 5.74) is 3.25. The van der Waals surface area contributed by atoms with E-state index in [1.165, 1.54) is 6.07 Å². The number of carboxylic acids is 1. The third-order valence-electron chi connectivity index (χ3n) is 14.5. The minimum Gasteiger partial charge on any atom is -0.493 e. The Labute approximate surface area is 413 Å². The maximum absolute atomic E-state index is 14.9. The molecule has 4 aromatic rings. The fourth-order valence-electron chi connectivity index (χ4n) is 10.4. The number of benzene rings is 2. The lowest BCUT2D eigenvalue weighted by atomic mass is 9.84. The van der Waals surface area contributed by atoms with Crippen LogP contribution in [-0.4, -0.2) is 86.1 Å². The van der Waals surface area contributed by atoms with Gasteiger partial charge in [-0.2, -0.15) is 0 Å². The number of aromatic nitrogens is 2. The predicted molar refractivity (Wildman–Crippen MR) is 262 cm³/mol. The molecule has 6 aliphatic rings. The van der Waals surface area contributed by atoms with Crippen molar-refractivity contribution >= 4 is 11.9 Å². The Morgan fingerprint density at radius 2 is 1.25 bits per heavy atom. The Morgan fingerprint density at radius 1 is 0.718 bits per heavy atom. The second kappa shape index (κ2) is 18.9. The number of nitrogens with zero attached hydrogens (tertiary/aromatic N) is 2. The number of hydrogen-bond donors (Lipinski definition) is 1. The number of methoxy groups -OCH3 is 1. The average molecular weight is 979 g/mol. The number of hydrogen-bond acceptors (Lipinski definition) is 13. The molecule has 2 unspecified atom stereocenters. The molecular formula is C55H66N2O14. The van der Waals surface area contributed by atoms with E-state index in [4.69, 9.17) is 42.6 Å². The molecule has 2 atom stereocenters. The van der Waals surface area contributed by atoms with Gasteiger partial charge in [0.25, 0.3) is 11.1 Å². The van der Waals surface area contributed by atoms with Crippen LogP contribution in [0.1, 0.15) is 149 Å². The van der Waals surface area contributed by atoms with Crippen molar-refractivity contribution in [2.24, 2.45) is 22.7 Å². The second-order valence-electron chi connectivity index (χ2n) is 21.7. The van der Waals surface area contributed by atoms with Crippen molar-refractivity contribution in [3.05, 3.63) is 78.9 Å². The zero-order valence-electron chi connectivity index (χ0n) is 42.1. The van der Waals surface area contributed by atoms with Gasteiger partial charge in [-0.15, -0.1) is 0 Å². The van der Waals surface area contributed by atoms with Gasteiger partial charge in [0.05, 0.1) is 71.4 Å². The summed E-state index contributed by atoms with van der Waals surface area (Å²) in [4.78, 5) is 55.3. The first-order valence-corrected chi connectivity index (χ1v) is 25.3. The standard InChI is InChI=1S/C55H66N2O14/c1-9-66-53(62)45-33(44-47(57(51(45)59)32-15-16-32)35-19-40(63-8)42(68-27-54(6)23-64-24-54)21-39(35)71-49(44)30(4)5)12-10-11-17-67-41-20-34-38(22-43(41)69-28-55(7)25-65-26-55)70-48(29(2)3)36-18-37(52(60)61)50(58)56(46(34)36)31-13-14-31/h18-22,29-32,48-49H,9-17,23-28H2,1-8H3,(H,60,61). The third-order valence-corrected chi connectivity index (χ3v) is 14.5. The number of ether oxygens (including phenoxy) is 9. The lowest BCUT2D eigenvalue weighted by Gasteiger charge is -2.38. The number of carbonyl (C=O) groups is 2. The van der Waals surface area contributed by atoms with Gasteiger partial charge in [0.1, 0.15) is 34.8 Å². The summed E-state index contributed by atoms with van der Waals surface area (Å²) in [6, 6.07) is 8.67. The van der Waals surface area contributed by atoms with Gasteiger partial charge >= 0.3 is 11.9 Å². The monoisotopic (exact) mass is 978 g/mol. The van der Waals surface area contributed by atoms with Crippen LogP contribution in [0.25, 0.3) is 22.5 Å². The van der Waals surface area contributed by atoms with E-state index < -0.39 is 29.7 Å². The zero-order chi connectivity index (χ0) is 50.1. The normalized spacial score (nSPS) is 20.0. The average Bonchev–Trinajstić information content (AvgIpc) is 4.27. The molecule has 16 nitrogen and oxygen atoms in total. The molecule has 0 spiro atoms. The first-order chi connectivity index (χ1) is 34.0. The molecule has 0 amide bonds. The van der Waals surface area contributed by atoms with Crippen LogP contribution >= 0.6 is 0 Å². The van der Waals surface area contributed by atoms with E-state index in [2.05, 4.69) is 27.7 Å². The van der Waals surface area contributed by atoms with E-state index >= 15 is 0 Å². The minimum atomic E-state index is -1.28. The molecule has 2 saturated heterocycles. The van der Waals surface area contributed by atoms with Crippen LogP contribution < -0.4 is 39.5 Å². The molecule has 2 aliphatic carbocycles. The molecule has 380 valence electrons. The highest BCUT2D eigenvalue weighted by molar-refractivity contribution is 5.93. The fourth-order valence-corrected chi connectivity index (χ4v) is 10.4. The lowest BCUT2D eigenvalue weighted by molar-refractivity contribution is -0.120. The molecule has 71 heavy (non-hydrogen) atoms. The van der Waals surface area contributed by atoms with Crippen LogP contribution in [0.5, 0.6) is 34.5 Å². The number of esters is 1. The fraction of sp³-hybridized carbons (Fsp3) is 0.564. The summed E-state index contributed by atoms with van der Waals surface area (Å²) in [5, 5.41) is 10.1. The Morgan fingerprint density at radius 3 is 1.77 bits per heavy atom. The topological polar surface area (TPSA) is 181 Å². The van der Waals surface area contributed by atoms with Crippen molar-refractivity contribution in [3.63, 3.8) is 0 Å². The first-order valence-electron chi connectivity index (χ1n) is 25.3. The SMILES string of the molecule is CCOC(=O)c1c(CCCCOc2cc3c(cc2OCC2(C)COC2)OC(C(C)C)c2cc(C(=O)O)c(=O)n(C4CC4)c2-3)c2c(n(C3CC3)c1=O)-c1cc(OC)c(OCC3(C)COC3)cc1OC2C(C)C. The van der Waals surface area contributed by atoms with Gasteiger partial charge < -0.3 is 56.9 Å². The van der Waals surface area contributed by atoms with Crippen LogP contribution in [0.15, 0.2) is 39.9 Å². The maximum atomic E-state index is 14.9. The molecule has 6 heterocycles. The molecule has 0 bridgehead atoms. The molecular weight excluding hydrogens is 913 g/mol. The predicted octanol–water partition coefficient (Wildman–Crippen LogP) is 9.31. The Bertz CT molecular complexity index is 2880. The van der Waals surface area contributed by atoms with E-state index in [1.54, 1.807) is 23.2 Å². The van der Waals surface area contributed by atoms with Gasteiger partial charge in [-0.25, -0.2) is 9.59 Å². The van der Waals surface area contributed by atoms with Crippen molar-refractivity contribution in [1.29, 1.82) is 0 Å². The summed E-state index contributed by atoms with van der Waals surface area (Å²) in [5.74, 6) is 0.999. The Hall–Kier alpha value is -6.00. The van der Waals surface area contributed by atoms with Crippen LogP contribution in [0.2, 0.25) is 0 Å². The summed E-state index contributed by atoms with van der Waals surface area (Å²) < 4.78 is 59.1. The quantitative estimate of drug-likeness (QED) is 0.0653. The molecule has 2 aromatic heterocycles. The number of pyridine rings is 2. The number of carbonyl (C=O) groups excluding carboxylic acids is 1. The third kappa shape index (κ3) is 9.04. The van der Waals surface area contributed by atoms with Crippen molar-refractivity contribution in [2.45, 2.75) is 118 Å². The van der Waals surface area contributed by atoms with E-state index in [9.17, 15) is 24.3 Å². The number of carboxylic acid groups (broad SMARTS) is 1. The highest BCUT2D eigenvalue weighted by Crippen LogP contribution is 2.54. The van der Waals surface area contributed by atoms with Crippen LogP contribution in [0, 0.1) is 22.7 Å². The van der Waals surface area contributed by atoms with Gasteiger partial charge in [0.15, 0.2) is 23.0 Å². The minimum absolute atomic E-state index is 0.0315. The molecule has 10 rings (SSSR count). The van der Waals surface area contributed by atoms with E-state index in [1.807, 2.05) is 38.1 Å². The van der Waals surface area contributed by atoms with Gasteiger partial charge in [-0.05, 0) is 87.5 Å². The largest absolute Gasteiger partial charge is 0.493 e. The van der Waals surface area contributed by atoms with Gasteiger partial charge in [0, 0.05) is 57.3 Å². The number of fused-ring (bicyclic) bond motifs is 6. The summed E-state index contributed by atoms with van der Waals surface area (Å²) in [6.07, 6.45) is 3.49. The molecule has 2 aromatic carbocycles. The highest BCUT2D eigenvalue weighted by atomic mass is 16.5. The number of unbranched alkanes of at least 4 members (excludes halogenated alkanes) is 1. The first kappa shape index (κ1) is 48.6. The Kier molecular flexibility index (Phi) is 12.9. The van der Waals surface area contributed by atoms with E-state index in [0.717, 1.165) is 36.9 Å². The smallest absolute Gasteiger partial charge is 0.344 e. The molecule has 1 N–H and O–H groups in total. The van der Waals surface area contributed by atoms with Crippen molar-refractivity contribution in [3.8, 4) is 57.0 Å². The van der Waals surface area contributed by atoms with Gasteiger partial charge in [-0.3, -0.25) is 9.59 Å². The summed E-state index contributed by atoms with van der Waals surface area (Å²) in [7, 11) is 1.59. The summed E-state index contributed by atoms with van der Waals surface area (Å²) >= 11 is 0. The van der Waals surface area contributed by atoms with Crippen LogP contribution in [0.3, 0.4) is 0 Å². The van der Waals surface area contributed by atoms with Crippen molar-refractivity contribution in [1.82, 2.24) is 9.13 Å². The lowest BCUT2D eigenvalue weighted by Crippen LogP contribution is -2.44. The molecule has 4 fully saturated rings. The molecule has 2 saturated carbocycles. The molecule has 4 aliphatic heterocycles. The van der Waals surface area contributed by atoms with Crippen LogP contribution in [0.4, 0.5) is 0 Å². The van der Waals surface area contributed by atoms with Crippen molar-refractivity contribution in [2.75, 3.05) is 60.0 Å². The van der Waals surface area contributed by atoms with Gasteiger partial charge in [-0.1, -0.05) is 41.5 Å². The molecule has 16 heteroatoms. The second-order valence-corrected chi connectivity index (χ2v) is 21.7. The van der Waals surface area contributed by atoms with Crippen LogP contribution in [-0.2, 0) is 20.6 Å². The van der Waals surface area contributed by atoms with E-state index in [-0.39, 0.29) is 64.6 Å². The zero-order valence-corrected chi connectivity index (χ0v) is 42.1. The highest BCUT2D eigenvalue weighted by Gasteiger charge is 2.43. The number of aromatic carboxylic acids is 1. The maximum Gasteiger partial charge on any atom is 0.344 e. The Balaban J connectivity index is 0.998. The van der Waals surface area contributed by atoms with Crippen molar-refractivity contribution < 1.29 is 57.3 Å².